The highest BCUT2D eigenvalue weighted by molar-refractivity contribution is 7.14. The molecule has 1 heterocycles. The largest absolute Gasteiger partial charge is 0.443 e. The summed E-state index contributed by atoms with van der Waals surface area (Å²) in [4.78, 5) is 17.5. The van der Waals surface area contributed by atoms with Crippen molar-refractivity contribution in [3.8, 4) is 0 Å². The first-order valence-electron chi connectivity index (χ1n) is 5.44. The fraction of sp³-hybridized carbons (Fsp3) is 0.636. The van der Waals surface area contributed by atoms with Gasteiger partial charge in [-0.05, 0) is 27.3 Å². The Morgan fingerprint density at radius 2 is 2.24 bits per heavy atom. The molecule has 0 atom stereocenters. The summed E-state index contributed by atoms with van der Waals surface area (Å²) in [5.41, 5.74) is 5.86. The second-order valence-electron chi connectivity index (χ2n) is 4.70. The van der Waals surface area contributed by atoms with E-state index in [4.69, 9.17) is 10.5 Å². The Kier molecular flexibility index (Phi) is 4.47. The lowest BCUT2D eigenvalue weighted by Crippen LogP contribution is -2.34. The quantitative estimate of drug-likeness (QED) is 0.899. The average Bonchev–Trinajstić information content (AvgIpc) is 2.63. The molecule has 0 aliphatic rings. The van der Waals surface area contributed by atoms with E-state index in [1.807, 2.05) is 26.2 Å². The molecule has 0 aromatic carbocycles. The molecule has 0 radical (unpaired) electrons. The fourth-order valence-electron chi connectivity index (χ4n) is 1.12. The van der Waals surface area contributed by atoms with Crippen LogP contribution in [-0.4, -0.2) is 30.3 Å². The lowest BCUT2D eigenvalue weighted by molar-refractivity contribution is 0.0589. The summed E-state index contributed by atoms with van der Waals surface area (Å²) in [6.45, 7) is 6.06. The number of nitrogens with zero attached hydrogens (tertiary/aromatic N) is 2. The summed E-state index contributed by atoms with van der Waals surface area (Å²) in [5, 5.41) is 2.53. The monoisotopic (exact) mass is 257 g/mol. The zero-order chi connectivity index (χ0) is 13.1. The molecule has 0 aliphatic carbocycles. The molecule has 2 N–H and O–H groups in total. The van der Waals surface area contributed by atoms with Crippen LogP contribution in [0.15, 0.2) is 5.38 Å². The van der Waals surface area contributed by atoms with E-state index in [0.29, 0.717) is 11.7 Å². The van der Waals surface area contributed by atoms with Crippen LogP contribution in [-0.2, 0) is 11.2 Å². The number of aromatic nitrogens is 1. The molecule has 0 aliphatic heterocycles. The van der Waals surface area contributed by atoms with Crippen LogP contribution in [0.1, 0.15) is 26.5 Å². The van der Waals surface area contributed by atoms with Gasteiger partial charge >= 0.3 is 6.09 Å². The van der Waals surface area contributed by atoms with E-state index < -0.39 is 11.7 Å². The standard InChI is InChI=1S/C11H19N3O2S/c1-11(2,3)16-10(15)14(4)9-13-8(5-6-12)7-17-9/h7H,5-6,12H2,1-4H3. The van der Waals surface area contributed by atoms with Gasteiger partial charge in [0.15, 0.2) is 5.13 Å². The summed E-state index contributed by atoms with van der Waals surface area (Å²) >= 11 is 1.41. The maximum absolute atomic E-state index is 11.8. The third kappa shape index (κ3) is 4.32. The van der Waals surface area contributed by atoms with Crippen molar-refractivity contribution in [1.29, 1.82) is 0 Å². The van der Waals surface area contributed by atoms with Gasteiger partial charge in [-0.3, -0.25) is 4.90 Å². The molecule has 0 saturated heterocycles. The number of anilines is 1. The molecule has 1 aromatic heterocycles. The number of nitrogens with two attached hydrogens (primary N) is 1. The lowest BCUT2D eigenvalue weighted by atomic mass is 10.2. The second kappa shape index (κ2) is 5.46. The van der Waals surface area contributed by atoms with E-state index >= 15 is 0 Å². The summed E-state index contributed by atoms with van der Waals surface area (Å²) < 4.78 is 5.25. The SMILES string of the molecule is CN(C(=O)OC(C)(C)C)c1nc(CCN)cs1. The van der Waals surface area contributed by atoms with E-state index in [2.05, 4.69) is 4.98 Å². The zero-order valence-electron chi connectivity index (χ0n) is 10.7. The van der Waals surface area contributed by atoms with Gasteiger partial charge in [0.2, 0.25) is 0 Å². The molecule has 0 saturated carbocycles. The molecule has 6 heteroatoms. The summed E-state index contributed by atoms with van der Waals surface area (Å²) in [6, 6.07) is 0. The maximum atomic E-state index is 11.8. The van der Waals surface area contributed by atoms with E-state index in [-0.39, 0.29) is 0 Å². The van der Waals surface area contributed by atoms with Crippen molar-refractivity contribution in [2.24, 2.45) is 5.73 Å². The van der Waals surface area contributed by atoms with Crippen molar-refractivity contribution < 1.29 is 9.53 Å². The second-order valence-corrected chi connectivity index (χ2v) is 5.54. The van der Waals surface area contributed by atoms with Gasteiger partial charge in [0.25, 0.3) is 0 Å². The molecule has 96 valence electrons. The average molecular weight is 257 g/mol. The number of hydrogen-bond donors (Lipinski definition) is 1. The van der Waals surface area contributed by atoms with Gasteiger partial charge in [-0.1, -0.05) is 0 Å². The number of hydrogen-bond acceptors (Lipinski definition) is 5. The number of carbonyl (C=O) groups excluding carboxylic acids is 1. The Hall–Kier alpha value is -1.14. The van der Waals surface area contributed by atoms with Crippen LogP contribution in [0.5, 0.6) is 0 Å². The van der Waals surface area contributed by atoms with Crippen LogP contribution in [0.3, 0.4) is 0 Å². The van der Waals surface area contributed by atoms with Crippen LogP contribution < -0.4 is 10.6 Å². The predicted molar refractivity (Wildman–Crippen MR) is 69.5 cm³/mol. The molecular weight excluding hydrogens is 238 g/mol. The van der Waals surface area contributed by atoms with Gasteiger partial charge < -0.3 is 10.5 Å². The molecule has 17 heavy (non-hydrogen) atoms. The predicted octanol–water partition coefficient (Wildman–Crippen LogP) is 2.02. The van der Waals surface area contributed by atoms with Gasteiger partial charge in [0.1, 0.15) is 5.60 Å². The number of rotatable bonds is 3. The first-order chi connectivity index (χ1) is 7.83. The Bertz CT molecular complexity index is 384. The molecule has 1 rings (SSSR count). The molecule has 0 spiro atoms. The van der Waals surface area contributed by atoms with E-state index in [9.17, 15) is 4.79 Å². The topological polar surface area (TPSA) is 68.5 Å². The maximum Gasteiger partial charge on any atom is 0.416 e. The van der Waals surface area contributed by atoms with Crippen LogP contribution in [0.25, 0.3) is 0 Å². The highest BCUT2D eigenvalue weighted by Gasteiger charge is 2.22. The lowest BCUT2D eigenvalue weighted by Gasteiger charge is -2.23. The Labute approximate surface area is 106 Å². The molecule has 0 fully saturated rings. The summed E-state index contributed by atoms with van der Waals surface area (Å²) in [7, 11) is 1.65. The smallest absolute Gasteiger partial charge is 0.416 e. The van der Waals surface area contributed by atoms with Gasteiger partial charge in [-0.15, -0.1) is 11.3 Å². The third-order valence-electron chi connectivity index (χ3n) is 1.89. The van der Waals surface area contributed by atoms with E-state index in [0.717, 1.165) is 12.1 Å². The normalized spacial score (nSPS) is 11.4. The number of amides is 1. The molecular formula is C11H19N3O2S. The Morgan fingerprint density at radius 1 is 1.59 bits per heavy atom. The van der Waals surface area contributed by atoms with Crippen LogP contribution >= 0.6 is 11.3 Å². The summed E-state index contributed by atoms with van der Waals surface area (Å²) in [6.07, 6.45) is 0.324. The molecule has 0 bridgehead atoms. The Morgan fingerprint density at radius 3 is 2.76 bits per heavy atom. The highest BCUT2D eigenvalue weighted by atomic mass is 32.1. The van der Waals surface area contributed by atoms with Crippen molar-refractivity contribution in [2.45, 2.75) is 32.8 Å². The minimum atomic E-state index is -0.497. The molecule has 1 aromatic rings. The van der Waals surface area contributed by atoms with E-state index in [1.54, 1.807) is 7.05 Å². The highest BCUT2D eigenvalue weighted by Crippen LogP contribution is 2.21. The third-order valence-corrected chi connectivity index (χ3v) is 2.86. The number of ether oxygens (including phenoxy) is 1. The van der Waals surface area contributed by atoms with Crippen molar-refractivity contribution in [3.05, 3.63) is 11.1 Å². The van der Waals surface area contributed by atoms with E-state index in [1.165, 1.54) is 16.2 Å². The first-order valence-corrected chi connectivity index (χ1v) is 6.32. The van der Waals surface area contributed by atoms with Crippen molar-refractivity contribution in [2.75, 3.05) is 18.5 Å². The molecule has 5 nitrogen and oxygen atoms in total. The van der Waals surface area contributed by atoms with Gasteiger partial charge in [-0.2, -0.15) is 0 Å². The van der Waals surface area contributed by atoms with Gasteiger partial charge in [0, 0.05) is 18.8 Å². The molecule has 0 unspecified atom stereocenters. The number of thiazole rings is 1. The van der Waals surface area contributed by atoms with Gasteiger partial charge in [-0.25, -0.2) is 9.78 Å². The van der Waals surface area contributed by atoms with Crippen molar-refractivity contribution in [3.63, 3.8) is 0 Å². The van der Waals surface area contributed by atoms with Crippen LogP contribution in [0.4, 0.5) is 9.93 Å². The van der Waals surface area contributed by atoms with Crippen molar-refractivity contribution >= 4 is 22.6 Å². The zero-order valence-corrected chi connectivity index (χ0v) is 11.5. The fourth-order valence-corrected chi connectivity index (χ4v) is 1.94. The minimum Gasteiger partial charge on any atom is -0.443 e. The number of carbonyl (C=O) groups is 1. The van der Waals surface area contributed by atoms with Crippen LogP contribution in [0.2, 0.25) is 0 Å². The summed E-state index contributed by atoms with van der Waals surface area (Å²) in [5.74, 6) is 0. The first kappa shape index (κ1) is 13.9. The van der Waals surface area contributed by atoms with Gasteiger partial charge in [0.05, 0.1) is 5.69 Å². The van der Waals surface area contributed by atoms with Crippen molar-refractivity contribution in [1.82, 2.24) is 4.98 Å². The molecule has 1 amide bonds. The Balaban J connectivity index is 2.68. The van der Waals surface area contributed by atoms with Crippen LogP contribution in [0, 0.1) is 0 Å². The minimum absolute atomic E-state index is 0.397.